The molecule has 0 bridgehead atoms. The number of nitrogens with zero attached hydrogens (tertiary/aromatic N) is 2. The first-order valence-electron chi connectivity index (χ1n) is 32.3. The fraction of sp³-hybridized carbons (Fsp3) is 0.436. The van der Waals surface area contributed by atoms with Crippen LogP contribution in [0.25, 0.3) is 78.1 Å². The molecule has 7 aromatic carbocycles. The van der Waals surface area contributed by atoms with Crippen LogP contribution in [0.1, 0.15) is 215 Å². The molecule has 8 rings (SSSR count). The van der Waals surface area contributed by atoms with E-state index < -0.39 is 0 Å². The van der Waals surface area contributed by atoms with Crippen LogP contribution in [-0.2, 0) is 25.7 Å². The predicted molar refractivity (Wildman–Crippen MR) is 350 cm³/mol. The summed E-state index contributed by atoms with van der Waals surface area (Å²) in [5.41, 5.74) is 24.8. The third kappa shape index (κ3) is 16.7. The molecule has 1 aromatic heterocycles. The van der Waals surface area contributed by atoms with Crippen molar-refractivity contribution in [2.75, 3.05) is 0 Å². The Morgan fingerprint density at radius 3 is 0.850 bits per heavy atom. The minimum atomic E-state index is 0.919. The lowest BCUT2D eigenvalue weighted by Crippen LogP contribution is -2.01. The van der Waals surface area contributed by atoms with E-state index in [0.29, 0.717) is 0 Å². The van der Waals surface area contributed by atoms with Gasteiger partial charge in [-0.2, -0.15) is 0 Å². The Morgan fingerprint density at radius 2 is 0.525 bits per heavy atom. The summed E-state index contributed by atoms with van der Waals surface area (Å²) in [6.45, 7) is 13.8. The van der Waals surface area contributed by atoms with Crippen LogP contribution in [0.3, 0.4) is 0 Å². The average molecular weight is 1060 g/mol. The number of aryl methyl sites for hydroxylation is 6. The summed E-state index contributed by atoms with van der Waals surface area (Å²) in [7, 11) is 0. The molecule has 0 amide bonds. The molecule has 2 heteroatoms. The molecule has 0 saturated heterocycles. The second kappa shape index (κ2) is 32.4. The summed E-state index contributed by atoms with van der Waals surface area (Å²) in [6, 6.07) is 55.5. The molecule has 0 fully saturated rings. The van der Waals surface area contributed by atoms with Crippen molar-refractivity contribution in [1.29, 1.82) is 0 Å². The summed E-state index contributed by atoms with van der Waals surface area (Å²) >= 11 is 0. The van der Waals surface area contributed by atoms with Gasteiger partial charge < -0.3 is 0 Å². The van der Waals surface area contributed by atoms with Gasteiger partial charge in [0, 0.05) is 22.3 Å². The normalized spacial score (nSPS) is 11.5. The van der Waals surface area contributed by atoms with Gasteiger partial charge in [0.1, 0.15) is 0 Å². The van der Waals surface area contributed by atoms with Crippen LogP contribution in [0.5, 0.6) is 0 Å². The summed E-state index contributed by atoms with van der Waals surface area (Å²) in [4.78, 5) is 11.7. The van der Waals surface area contributed by atoms with Gasteiger partial charge in [0.2, 0.25) is 0 Å². The van der Waals surface area contributed by atoms with E-state index in [1.165, 1.54) is 221 Å². The first-order valence-corrected chi connectivity index (χ1v) is 32.3. The molecule has 0 spiro atoms. The van der Waals surface area contributed by atoms with Gasteiger partial charge >= 0.3 is 0 Å². The van der Waals surface area contributed by atoms with Crippen molar-refractivity contribution in [2.45, 2.75) is 221 Å². The number of aromatic nitrogens is 2. The minimum Gasteiger partial charge on any atom is -0.243 e. The van der Waals surface area contributed by atoms with Gasteiger partial charge in [-0.25, -0.2) is 9.97 Å². The Kier molecular flexibility index (Phi) is 24.3. The number of hydrogen-bond acceptors (Lipinski definition) is 2. The SMILES string of the molecule is CCCCCCCCc1cc(C)ccc1-c1ccc(-c2ccc(-c3ccc(-c4ccc(C)cc4CCCCCCCC)c(CCCCCCCC)c3)c3nc(-c4ccccc4)c(-c4ccccc4)nc23)cc1CCCCCCCC. The van der Waals surface area contributed by atoms with Crippen molar-refractivity contribution >= 4 is 11.0 Å². The fourth-order valence-corrected chi connectivity index (χ4v) is 12.4. The number of unbranched alkanes of at least 4 members (excludes halogenated alkanes) is 20. The molecule has 0 saturated carbocycles. The van der Waals surface area contributed by atoms with E-state index >= 15 is 0 Å². The molecule has 0 N–H and O–H groups in total. The van der Waals surface area contributed by atoms with E-state index in [1.807, 2.05) is 0 Å². The number of rotatable bonds is 34. The van der Waals surface area contributed by atoms with Crippen molar-refractivity contribution in [3.05, 3.63) is 179 Å². The Labute approximate surface area is 485 Å². The lowest BCUT2D eigenvalue weighted by molar-refractivity contribution is 0.607. The maximum absolute atomic E-state index is 5.86. The van der Waals surface area contributed by atoms with Crippen molar-refractivity contribution < 1.29 is 0 Å². The summed E-state index contributed by atoms with van der Waals surface area (Å²) < 4.78 is 0. The van der Waals surface area contributed by atoms with Crippen LogP contribution in [0.4, 0.5) is 0 Å². The topological polar surface area (TPSA) is 25.8 Å². The molecule has 0 atom stereocenters. The third-order valence-electron chi connectivity index (χ3n) is 17.1. The summed E-state index contributed by atoms with van der Waals surface area (Å²) in [6.07, 6.45) is 35.5. The van der Waals surface area contributed by atoms with Crippen molar-refractivity contribution in [3.63, 3.8) is 0 Å². The number of benzene rings is 7. The van der Waals surface area contributed by atoms with Crippen LogP contribution < -0.4 is 0 Å². The molecule has 0 radical (unpaired) electrons. The van der Waals surface area contributed by atoms with Crippen molar-refractivity contribution in [2.24, 2.45) is 0 Å². The standard InChI is InChI=1S/C78H98N2/c1-7-11-15-19-23-29-41-63-55-59(5)45-49-69(63)71-51-47-67(57-65(71)43-31-25-21-17-13-9-3)73-53-54-74(78-77(73)79-75(61-37-33-27-34-38-61)76(80-78)62-39-35-28-36-40-62)68-48-52-72(66(58-68)44-32-26-22-18-14-10-4)70-50-46-60(6)56-64(70)42-30-24-20-16-12-8-2/h27-28,33-40,45-58H,7-26,29-32,41-44H2,1-6H3. The summed E-state index contributed by atoms with van der Waals surface area (Å²) in [5.74, 6) is 0. The zero-order valence-corrected chi connectivity index (χ0v) is 50.5. The van der Waals surface area contributed by atoms with Gasteiger partial charge in [-0.05, 0) is 121 Å². The zero-order chi connectivity index (χ0) is 55.7. The Balaban J connectivity index is 1.28. The first-order chi connectivity index (χ1) is 39.4. The second-order valence-corrected chi connectivity index (χ2v) is 23.6. The van der Waals surface area contributed by atoms with Crippen molar-refractivity contribution in [3.8, 4) is 67.0 Å². The van der Waals surface area contributed by atoms with Gasteiger partial charge in [-0.15, -0.1) is 0 Å². The molecule has 1 heterocycles. The average Bonchev–Trinajstić information content (AvgIpc) is 3.49. The van der Waals surface area contributed by atoms with E-state index in [0.717, 1.165) is 70.4 Å². The predicted octanol–water partition coefficient (Wildman–Crippen LogP) is 23.9. The highest BCUT2D eigenvalue weighted by Gasteiger charge is 2.22. The van der Waals surface area contributed by atoms with Crippen molar-refractivity contribution in [1.82, 2.24) is 9.97 Å². The molecular formula is C78H98N2. The highest BCUT2D eigenvalue weighted by atomic mass is 14.8. The fourth-order valence-electron chi connectivity index (χ4n) is 12.4. The van der Waals surface area contributed by atoms with E-state index in [-0.39, 0.29) is 0 Å². The smallest absolute Gasteiger partial charge is 0.0979 e. The molecule has 2 nitrogen and oxygen atoms in total. The van der Waals surface area contributed by atoms with E-state index in [4.69, 9.17) is 9.97 Å². The Hall–Kier alpha value is -6.12. The minimum absolute atomic E-state index is 0.919. The molecule has 80 heavy (non-hydrogen) atoms. The molecule has 0 unspecified atom stereocenters. The highest BCUT2D eigenvalue weighted by Crippen LogP contribution is 2.42. The second-order valence-electron chi connectivity index (χ2n) is 23.6. The Bertz CT molecular complexity index is 2910. The van der Waals surface area contributed by atoms with Gasteiger partial charge in [-0.1, -0.05) is 313 Å². The zero-order valence-electron chi connectivity index (χ0n) is 50.5. The maximum Gasteiger partial charge on any atom is 0.0979 e. The van der Waals surface area contributed by atoms with Crippen LogP contribution in [0.15, 0.2) is 146 Å². The van der Waals surface area contributed by atoms with Gasteiger partial charge in [0.25, 0.3) is 0 Å². The van der Waals surface area contributed by atoms with Crippen LogP contribution in [0, 0.1) is 13.8 Å². The van der Waals surface area contributed by atoms with E-state index in [1.54, 1.807) is 0 Å². The summed E-state index contributed by atoms with van der Waals surface area (Å²) in [5, 5.41) is 0. The molecule has 0 aliphatic heterocycles. The quantitative estimate of drug-likeness (QED) is 0.0376. The lowest BCUT2D eigenvalue weighted by atomic mass is 9.86. The van der Waals surface area contributed by atoms with E-state index in [9.17, 15) is 0 Å². The Morgan fingerprint density at radius 1 is 0.250 bits per heavy atom. The largest absolute Gasteiger partial charge is 0.243 e. The molecule has 8 aromatic rings. The molecular weight excluding hydrogens is 965 g/mol. The van der Waals surface area contributed by atoms with Crippen LogP contribution in [0.2, 0.25) is 0 Å². The third-order valence-corrected chi connectivity index (χ3v) is 17.1. The first kappa shape index (κ1) is 60.0. The highest BCUT2D eigenvalue weighted by molar-refractivity contribution is 6.03. The van der Waals surface area contributed by atoms with Gasteiger partial charge in [0.05, 0.1) is 22.4 Å². The monoisotopic (exact) mass is 1060 g/mol. The van der Waals surface area contributed by atoms with Gasteiger partial charge in [-0.3, -0.25) is 0 Å². The van der Waals surface area contributed by atoms with Crippen LogP contribution in [-0.4, -0.2) is 9.97 Å². The van der Waals surface area contributed by atoms with Gasteiger partial charge in [0.15, 0.2) is 0 Å². The molecule has 0 aliphatic rings. The van der Waals surface area contributed by atoms with Crippen LogP contribution >= 0.6 is 0 Å². The molecule has 420 valence electrons. The number of hydrogen-bond donors (Lipinski definition) is 0. The maximum atomic E-state index is 5.86. The lowest BCUT2D eigenvalue weighted by Gasteiger charge is -2.20. The number of fused-ring (bicyclic) bond motifs is 1. The van der Waals surface area contributed by atoms with E-state index in [2.05, 4.69) is 187 Å². The molecule has 0 aliphatic carbocycles.